The molecule has 13 nitrogen and oxygen atoms in total. The van der Waals surface area contributed by atoms with Crippen LogP contribution in [0.2, 0.25) is 0 Å². The average molecular weight is 642 g/mol. The number of esters is 1. The van der Waals surface area contributed by atoms with Crippen molar-refractivity contribution in [1.29, 1.82) is 0 Å². The highest BCUT2D eigenvalue weighted by Crippen LogP contribution is 2.55. The zero-order valence-electron chi connectivity index (χ0n) is 26.7. The summed E-state index contributed by atoms with van der Waals surface area (Å²) in [4.78, 5) is 26.6. The maximum atomic E-state index is 13.3. The summed E-state index contributed by atoms with van der Waals surface area (Å²) in [6, 6.07) is 6.69. The van der Waals surface area contributed by atoms with Crippen LogP contribution >= 0.6 is 0 Å². The predicted octanol–water partition coefficient (Wildman–Crippen LogP) is 1.52. The zero-order chi connectivity index (χ0) is 32.5. The summed E-state index contributed by atoms with van der Waals surface area (Å²) >= 11 is 0. The number of hydrogen-bond donors (Lipinski definition) is 6. The third kappa shape index (κ3) is 7.60. The van der Waals surface area contributed by atoms with Crippen LogP contribution in [0.3, 0.4) is 0 Å². The molecule has 252 valence electrons. The number of phenols is 1. The molecule has 0 spiro atoms. The van der Waals surface area contributed by atoms with E-state index in [2.05, 4.69) is 21.3 Å². The number of nitrogens with one attached hydrogen (secondary N) is 4. The van der Waals surface area contributed by atoms with Gasteiger partial charge in [0, 0.05) is 11.8 Å². The lowest BCUT2D eigenvalue weighted by molar-refractivity contribution is -0.141. The Morgan fingerprint density at radius 1 is 0.870 bits per heavy atom. The van der Waals surface area contributed by atoms with Crippen LogP contribution in [0.25, 0.3) is 0 Å². The van der Waals surface area contributed by atoms with Crippen LogP contribution in [-0.4, -0.2) is 90.4 Å². The first-order chi connectivity index (χ1) is 22.5. The summed E-state index contributed by atoms with van der Waals surface area (Å²) < 4.78 is 27.9. The number of methoxy groups -OCH3 is 2. The molecule has 1 saturated heterocycles. The van der Waals surface area contributed by atoms with Crippen molar-refractivity contribution in [1.82, 2.24) is 21.3 Å². The van der Waals surface area contributed by atoms with Crippen molar-refractivity contribution in [3.8, 4) is 28.7 Å². The standard InChI is InChI=1S/C33H47N5O8/c1-42-26-13-20(14-27(43-2)32(26)40)29-21-15-24-25(46-19-45-24)16-22(21)31(23-18-44-33(41)30(23)29)38-28(39)17-37-12-6-11-36-9-4-3-8-35-10-5-7-34/h13-16,23,29-31,35-37,40H,3-12,17-19,34H2,1-2H3,(H,38,39)/t23-,29?,30+,31+/m0/s1. The summed E-state index contributed by atoms with van der Waals surface area (Å²) in [5.41, 5.74) is 7.84. The first-order valence-corrected chi connectivity index (χ1v) is 16.1. The molecule has 4 atom stereocenters. The maximum Gasteiger partial charge on any atom is 0.310 e. The molecule has 1 fully saturated rings. The molecule has 46 heavy (non-hydrogen) atoms. The minimum atomic E-state index is -0.599. The number of nitrogens with two attached hydrogens (primary N) is 1. The lowest BCUT2D eigenvalue weighted by Crippen LogP contribution is -2.45. The Kier molecular flexibility index (Phi) is 11.8. The van der Waals surface area contributed by atoms with Crippen molar-refractivity contribution in [3.05, 3.63) is 41.0 Å². The number of amides is 1. The van der Waals surface area contributed by atoms with Crippen molar-refractivity contribution in [2.75, 3.05) is 73.4 Å². The Morgan fingerprint density at radius 2 is 1.48 bits per heavy atom. The van der Waals surface area contributed by atoms with Gasteiger partial charge in [0.05, 0.1) is 39.3 Å². The fourth-order valence-electron chi connectivity index (χ4n) is 6.58. The number of rotatable bonds is 18. The summed E-state index contributed by atoms with van der Waals surface area (Å²) in [5.74, 6) is -0.468. The van der Waals surface area contributed by atoms with E-state index in [1.807, 2.05) is 12.1 Å². The van der Waals surface area contributed by atoms with E-state index in [1.54, 1.807) is 12.1 Å². The molecular formula is C33H47N5O8. The quantitative estimate of drug-likeness (QED) is 0.102. The average Bonchev–Trinajstić information content (AvgIpc) is 3.68. The number of fused-ring (bicyclic) bond motifs is 3. The minimum Gasteiger partial charge on any atom is -0.502 e. The molecule has 0 saturated carbocycles. The van der Waals surface area contributed by atoms with Gasteiger partial charge in [0.25, 0.3) is 0 Å². The highest BCUT2D eigenvalue weighted by atomic mass is 16.7. The molecule has 2 aromatic rings. The first kappa shape index (κ1) is 33.6. The van der Waals surface area contributed by atoms with Crippen molar-refractivity contribution in [2.24, 2.45) is 17.6 Å². The molecule has 1 amide bonds. The number of phenolic OH excluding ortho intramolecular Hbond substituents is 1. The van der Waals surface area contributed by atoms with Crippen LogP contribution in [0.1, 0.15) is 54.3 Å². The van der Waals surface area contributed by atoms with Gasteiger partial charge in [0.1, 0.15) is 0 Å². The van der Waals surface area contributed by atoms with Gasteiger partial charge in [-0.1, -0.05) is 0 Å². The Labute approximate surface area is 269 Å². The number of carbonyl (C=O) groups is 2. The van der Waals surface area contributed by atoms with Crippen LogP contribution < -0.4 is 45.9 Å². The Hall–Kier alpha value is -3.78. The molecule has 1 aliphatic carbocycles. The Bertz CT molecular complexity index is 1330. The second-order valence-electron chi connectivity index (χ2n) is 11.8. The number of hydrogen-bond acceptors (Lipinski definition) is 12. The largest absolute Gasteiger partial charge is 0.502 e. The van der Waals surface area contributed by atoms with Crippen LogP contribution in [0.4, 0.5) is 0 Å². The van der Waals surface area contributed by atoms with E-state index in [0.29, 0.717) is 23.6 Å². The van der Waals surface area contributed by atoms with Gasteiger partial charge < -0.3 is 55.8 Å². The van der Waals surface area contributed by atoms with E-state index >= 15 is 0 Å². The van der Waals surface area contributed by atoms with Crippen LogP contribution in [0.5, 0.6) is 28.7 Å². The first-order valence-electron chi connectivity index (χ1n) is 16.1. The van der Waals surface area contributed by atoms with E-state index in [1.165, 1.54) is 14.2 Å². The third-order valence-corrected chi connectivity index (χ3v) is 8.87. The monoisotopic (exact) mass is 641 g/mol. The normalized spacial score (nSPS) is 21.0. The van der Waals surface area contributed by atoms with Gasteiger partial charge in [-0.05, 0) is 106 Å². The topological polar surface area (TPSA) is 175 Å². The van der Waals surface area contributed by atoms with Gasteiger partial charge in [0.15, 0.2) is 23.0 Å². The van der Waals surface area contributed by atoms with E-state index in [9.17, 15) is 14.7 Å². The smallest absolute Gasteiger partial charge is 0.310 e. The third-order valence-electron chi connectivity index (χ3n) is 8.87. The highest BCUT2D eigenvalue weighted by molar-refractivity contribution is 5.81. The molecule has 7 N–H and O–H groups in total. The minimum absolute atomic E-state index is 0.0842. The summed E-state index contributed by atoms with van der Waals surface area (Å²) in [6.45, 7) is 5.62. The van der Waals surface area contributed by atoms with Crippen molar-refractivity contribution < 1.29 is 38.4 Å². The van der Waals surface area contributed by atoms with Gasteiger partial charge >= 0.3 is 5.97 Å². The molecule has 0 radical (unpaired) electrons. The van der Waals surface area contributed by atoms with Gasteiger partial charge in [-0.3, -0.25) is 9.59 Å². The number of ether oxygens (including phenoxy) is 5. The maximum absolute atomic E-state index is 13.3. The molecule has 2 aromatic carbocycles. The summed E-state index contributed by atoms with van der Waals surface area (Å²) in [7, 11) is 2.92. The van der Waals surface area contributed by atoms with Crippen molar-refractivity contribution >= 4 is 11.9 Å². The molecule has 3 aliphatic rings. The summed E-state index contributed by atoms with van der Waals surface area (Å²) in [6.07, 6.45) is 4.13. The van der Waals surface area contributed by atoms with E-state index in [-0.39, 0.29) is 55.0 Å². The van der Waals surface area contributed by atoms with E-state index < -0.39 is 17.9 Å². The molecule has 2 heterocycles. The number of unbranched alkanes of at least 4 members (excludes halogenated alkanes) is 1. The molecule has 5 rings (SSSR count). The highest BCUT2D eigenvalue weighted by Gasteiger charge is 2.53. The van der Waals surface area contributed by atoms with Gasteiger partial charge in [-0.15, -0.1) is 0 Å². The van der Waals surface area contributed by atoms with Crippen molar-refractivity contribution in [3.63, 3.8) is 0 Å². The van der Waals surface area contributed by atoms with Crippen LogP contribution in [0, 0.1) is 11.8 Å². The zero-order valence-corrected chi connectivity index (χ0v) is 26.7. The molecule has 2 aliphatic heterocycles. The van der Waals surface area contributed by atoms with Crippen molar-refractivity contribution in [2.45, 2.75) is 37.6 Å². The number of carbonyl (C=O) groups excluding carboxylic acids is 2. The Balaban J connectivity index is 1.23. The molecule has 1 unspecified atom stereocenters. The Morgan fingerprint density at radius 3 is 2.13 bits per heavy atom. The van der Waals surface area contributed by atoms with Crippen LogP contribution in [-0.2, 0) is 14.3 Å². The molecule has 0 bridgehead atoms. The SMILES string of the molecule is COc1cc(C2c3cc4c(cc3[C@@H](NC(=O)CNCCCNCCCCNCCCN)[C@H]3COC(=O)[C@@H]23)OCO4)cc(OC)c1O. The molecular weight excluding hydrogens is 594 g/mol. The van der Waals surface area contributed by atoms with E-state index in [0.717, 1.165) is 69.5 Å². The fraction of sp³-hybridized carbons (Fsp3) is 0.576. The second kappa shape index (κ2) is 16.2. The summed E-state index contributed by atoms with van der Waals surface area (Å²) in [5, 5.41) is 23.8. The molecule has 13 heteroatoms. The predicted molar refractivity (Wildman–Crippen MR) is 171 cm³/mol. The van der Waals surface area contributed by atoms with Gasteiger partial charge in [-0.25, -0.2) is 0 Å². The number of aromatic hydroxyl groups is 1. The number of benzene rings is 2. The van der Waals surface area contributed by atoms with E-state index in [4.69, 9.17) is 29.4 Å². The fourth-order valence-corrected chi connectivity index (χ4v) is 6.58. The van der Waals surface area contributed by atoms with Gasteiger partial charge in [-0.2, -0.15) is 0 Å². The lowest BCUT2D eigenvalue weighted by atomic mass is 9.65. The second-order valence-corrected chi connectivity index (χ2v) is 11.8. The lowest BCUT2D eigenvalue weighted by Gasteiger charge is -2.39. The van der Waals surface area contributed by atoms with Gasteiger partial charge in [0.2, 0.25) is 18.4 Å². The molecule has 0 aromatic heterocycles. The van der Waals surface area contributed by atoms with Crippen LogP contribution in [0.15, 0.2) is 24.3 Å². The number of cyclic esters (lactones) is 1.